The third-order valence-electron chi connectivity index (χ3n) is 5.66. The summed E-state index contributed by atoms with van der Waals surface area (Å²) in [6, 6.07) is 0. The fraction of sp³-hybridized carbons (Fsp3) is 0.600. The van der Waals surface area contributed by atoms with Crippen molar-refractivity contribution in [3.63, 3.8) is 0 Å². The molecule has 1 aliphatic carbocycles. The van der Waals surface area contributed by atoms with E-state index in [0.29, 0.717) is 12.5 Å². The number of carbonyl (C=O) groups excluding carboxylic acids is 1. The second-order valence-electron chi connectivity index (χ2n) is 7.62. The molecule has 0 radical (unpaired) electrons. The Hall–Kier alpha value is -2.06. The summed E-state index contributed by atoms with van der Waals surface area (Å²) >= 11 is 1.76. The van der Waals surface area contributed by atoms with E-state index >= 15 is 0 Å². The van der Waals surface area contributed by atoms with Crippen molar-refractivity contribution < 1.29 is 4.79 Å². The molecule has 7 nitrogen and oxygen atoms in total. The summed E-state index contributed by atoms with van der Waals surface area (Å²) in [6.07, 6.45) is 5.98. The zero-order valence-corrected chi connectivity index (χ0v) is 17.7. The van der Waals surface area contributed by atoms with Crippen molar-refractivity contribution in [3.8, 4) is 0 Å². The summed E-state index contributed by atoms with van der Waals surface area (Å²) in [5, 5.41) is 8.42. The molecule has 0 unspecified atom stereocenters. The maximum Gasteiger partial charge on any atom is 0.290 e. The van der Waals surface area contributed by atoms with Crippen LogP contribution in [0.5, 0.6) is 0 Å². The number of amides is 1. The lowest BCUT2D eigenvalue weighted by Gasteiger charge is -2.17. The summed E-state index contributed by atoms with van der Waals surface area (Å²) in [6.45, 7) is 10.3. The molecule has 0 spiro atoms. The highest BCUT2D eigenvalue weighted by atomic mass is 32.1. The Morgan fingerprint density at radius 3 is 3.00 bits per heavy atom. The largest absolute Gasteiger partial charge is 0.349 e. The van der Waals surface area contributed by atoms with Gasteiger partial charge >= 0.3 is 0 Å². The van der Waals surface area contributed by atoms with Gasteiger partial charge in [0.15, 0.2) is 5.65 Å². The zero-order chi connectivity index (χ0) is 19.7. The van der Waals surface area contributed by atoms with Gasteiger partial charge in [0, 0.05) is 11.4 Å². The molecule has 4 rings (SSSR count). The van der Waals surface area contributed by atoms with Gasteiger partial charge < -0.3 is 10.2 Å². The Balaban J connectivity index is 1.53. The summed E-state index contributed by atoms with van der Waals surface area (Å²) in [7, 11) is 0. The first-order valence-corrected chi connectivity index (χ1v) is 11.1. The van der Waals surface area contributed by atoms with E-state index in [4.69, 9.17) is 0 Å². The minimum Gasteiger partial charge on any atom is -0.349 e. The molecule has 1 amide bonds. The molecule has 1 N–H and O–H groups in total. The molecule has 0 saturated carbocycles. The van der Waals surface area contributed by atoms with E-state index in [9.17, 15) is 4.79 Å². The fourth-order valence-electron chi connectivity index (χ4n) is 3.97. The molecule has 0 bridgehead atoms. The number of carbonyl (C=O) groups is 1. The van der Waals surface area contributed by atoms with Gasteiger partial charge in [0.1, 0.15) is 11.2 Å². The van der Waals surface area contributed by atoms with E-state index in [1.54, 1.807) is 22.2 Å². The second kappa shape index (κ2) is 8.13. The molecule has 3 aromatic rings. The number of aromatic nitrogens is 4. The number of thiophene rings is 1. The van der Waals surface area contributed by atoms with E-state index in [0.717, 1.165) is 54.8 Å². The molecule has 0 aliphatic heterocycles. The van der Waals surface area contributed by atoms with Crippen LogP contribution in [0.25, 0.3) is 15.9 Å². The molecule has 3 aromatic heterocycles. The van der Waals surface area contributed by atoms with Crippen molar-refractivity contribution in [2.24, 2.45) is 5.92 Å². The normalized spacial score (nSPS) is 16.8. The van der Waals surface area contributed by atoms with Crippen LogP contribution in [-0.2, 0) is 12.8 Å². The smallest absolute Gasteiger partial charge is 0.290 e. The molecule has 0 fully saturated rings. The van der Waals surface area contributed by atoms with Gasteiger partial charge in [-0.1, -0.05) is 20.8 Å². The Labute approximate surface area is 169 Å². The Bertz CT molecular complexity index is 990. The van der Waals surface area contributed by atoms with Crippen molar-refractivity contribution in [2.45, 2.75) is 46.5 Å². The molecule has 1 atom stereocenters. The van der Waals surface area contributed by atoms with Crippen molar-refractivity contribution in [1.29, 1.82) is 0 Å². The average molecular weight is 401 g/mol. The lowest BCUT2D eigenvalue weighted by molar-refractivity contribution is 0.0941. The van der Waals surface area contributed by atoms with Gasteiger partial charge in [-0.25, -0.2) is 14.5 Å². The second-order valence-corrected chi connectivity index (χ2v) is 8.70. The number of rotatable bonds is 7. The van der Waals surface area contributed by atoms with Crippen LogP contribution in [0.2, 0.25) is 0 Å². The number of aryl methyl sites for hydroxylation is 1. The van der Waals surface area contributed by atoms with Crippen LogP contribution in [-0.4, -0.2) is 56.6 Å². The monoisotopic (exact) mass is 400 g/mol. The Morgan fingerprint density at radius 2 is 2.21 bits per heavy atom. The molecule has 3 heterocycles. The maximum absolute atomic E-state index is 12.5. The first kappa shape index (κ1) is 19.3. The van der Waals surface area contributed by atoms with Gasteiger partial charge in [-0.3, -0.25) is 4.79 Å². The molecule has 150 valence electrons. The number of fused-ring (bicyclic) bond motifs is 5. The lowest BCUT2D eigenvalue weighted by Crippen LogP contribution is -2.30. The minimum absolute atomic E-state index is 0.214. The maximum atomic E-state index is 12.5. The van der Waals surface area contributed by atoms with Gasteiger partial charge in [0.2, 0.25) is 5.82 Å². The van der Waals surface area contributed by atoms with Crippen molar-refractivity contribution in [1.82, 2.24) is 29.8 Å². The van der Waals surface area contributed by atoms with Crippen molar-refractivity contribution in [3.05, 3.63) is 22.6 Å². The van der Waals surface area contributed by atoms with Gasteiger partial charge in [-0.15, -0.1) is 16.4 Å². The zero-order valence-electron chi connectivity index (χ0n) is 16.9. The standard InChI is InChI=1S/C20H28N6OS/c1-4-25(5-2)10-6-9-21-19(27)17-23-18-16-14-11-13(3)7-8-15(14)28-20(16)22-12-26(18)24-17/h12-13H,4-11H2,1-3H3,(H,21,27)/t13-/m0/s1. The van der Waals surface area contributed by atoms with E-state index in [1.165, 1.54) is 16.9 Å². The number of hydrogen-bond donors (Lipinski definition) is 1. The Kier molecular flexibility index (Phi) is 5.59. The quantitative estimate of drug-likeness (QED) is 0.617. The third kappa shape index (κ3) is 3.63. The van der Waals surface area contributed by atoms with Gasteiger partial charge in [-0.2, -0.15) is 0 Å². The SMILES string of the molecule is CCN(CC)CCCNC(=O)c1nc2c3c4c(sc3ncn2n1)CC[C@H](C)C4. The molecule has 0 saturated heterocycles. The van der Waals surface area contributed by atoms with Crippen LogP contribution < -0.4 is 5.32 Å². The highest BCUT2D eigenvalue weighted by Gasteiger charge is 2.24. The van der Waals surface area contributed by atoms with Crippen molar-refractivity contribution >= 4 is 33.1 Å². The molecule has 8 heteroatoms. The average Bonchev–Trinajstić information content (AvgIpc) is 3.28. The summed E-state index contributed by atoms with van der Waals surface area (Å²) in [4.78, 5) is 26.5. The molecule has 1 aliphatic rings. The van der Waals surface area contributed by atoms with Gasteiger partial charge in [0.05, 0.1) is 5.39 Å². The Morgan fingerprint density at radius 1 is 1.39 bits per heavy atom. The van der Waals surface area contributed by atoms with Crippen LogP contribution in [0.4, 0.5) is 0 Å². The summed E-state index contributed by atoms with van der Waals surface area (Å²) in [5.74, 6) is 0.678. The van der Waals surface area contributed by atoms with E-state index in [2.05, 4.69) is 46.1 Å². The summed E-state index contributed by atoms with van der Waals surface area (Å²) < 4.78 is 1.65. The van der Waals surface area contributed by atoms with E-state index in [1.807, 2.05) is 0 Å². The molecule has 28 heavy (non-hydrogen) atoms. The van der Waals surface area contributed by atoms with E-state index < -0.39 is 0 Å². The van der Waals surface area contributed by atoms with E-state index in [-0.39, 0.29) is 11.7 Å². The van der Waals surface area contributed by atoms with Crippen LogP contribution in [0, 0.1) is 5.92 Å². The first-order chi connectivity index (χ1) is 13.6. The topological polar surface area (TPSA) is 75.4 Å². The first-order valence-electron chi connectivity index (χ1n) is 10.3. The highest BCUT2D eigenvalue weighted by molar-refractivity contribution is 7.19. The molecular formula is C20H28N6OS. The molecule has 0 aromatic carbocycles. The van der Waals surface area contributed by atoms with Gasteiger partial charge in [-0.05, 0) is 56.8 Å². The highest BCUT2D eigenvalue weighted by Crippen LogP contribution is 2.38. The lowest BCUT2D eigenvalue weighted by atomic mass is 9.89. The van der Waals surface area contributed by atoms with Crippen LogP contribution in [0.15, 0.2) is 6.33 Å². The number of nitrogens with zero attached hydrogens (tertiary/aromatic N) is 5. The number of nitrogens with one attached hydrogen (secondary N) is 1. The van der Waals surface area contributed by atoms with Crippen LogP contribution in [0.1, 0.15) is 54.7 Å². The summed E-state index contributed by atoms with van der Waals surface area (Å²) in [5.41, 5.74) is 2.11. The van der Waals surface area contributed by atoms with Crippen LogP contribution >= 0.6 is 11.3 Å². The predicted octanol–water partition coefficient (Wildman–Crippen LogP) is 2.93. The predicted molar refractivity (Wildman–Crippen MR) is 112 cm³/mol. The van der Waals surface area contributed by atoms with Crippen LogP contribution in [0.3, 0.4) is 0 Å². The number of hydrogen-bond acceptors (Lipinski definition) is 6. The van der Waals surface area contributed by atoms with Crippen molar-refractivity contribution in [2.75, 3.05) is 26.2 Å². The minimum atomic E-state index is -0.214. The molecular weight excluding hydrogens is 372 g/mol. The van der Waals surface area contributed by atoms with Gasteiger partial charge in [0.25, 0.3) is 5.91 Å². The third-order valence-corrected chi connectivity index (χ3v) is 6.86. The fourth-order valence-corrected chi connectivity index (χ4v) is 5.14.